The molecule has 1 aliphatic heterocycles. The van der Waals surface area contributed by atoms with Gasteiger partial charge in [0.1, 0.15) is 0 Å². The first-order valence-corrected chi connectivity index (χ1v) is 5.60. The van der Waals surface area contributed by atoms with Crippen molar-refractivity contribution in [3.63, 3.8) is 0 Å². The normalized spacial score (nSPS) is 17.6. The van der Waals surface area contributed by atoms with E-state index in [0.29, 0.717) is 12.3 Å². The summed E-state index contributed by atoms with van der Waals surface area (Å²) in [5.74, 6) is 0.658. The number of rotatable bonds is 3. The summed E-state index contributed by atoms with van der Waals surface area (Å²) in [6.45, 7) is 1.61. The van der Waals surface area contributed by atoms with Gasteiger partial charge in [-0.2, -0.15) is 5.10 Å². The van der Waals surface area contributed by atoms with Crippen LogP contribution in [0.25, 0.3) is 0 Å². The molecule has 0 aliphatic carbocycles. The van der Waals surface area contributed by atoms with Crippen LogP contribution < -0.4 is 5.73 Å². The molecule has 1 aliphatic rings. The Morgan fingerprint density at radius 1 is 1.62 bits per heavy atom. The molecule has 0 bridgehead atoms. The zero-order valence-corrected chi connectivity index (χ0v) is 9.57. The molecule has 5 heteroatoms. The van der Waals surface area contributed by atoms with Gasteiger partial charge in [-0.1, -0.05) is 0 Å². The molecule has 88 valence electrons. The molecule has 5 nitrogen and oxygen atoms in total. The van der Waals surface area contributed by atoms with E-state index in [1.54, 1.807) is 0 Å². The van der Waals surface area contributed by atoms with Gasteiger partial charge in [0.15, 0.2) is 0 Å². The molecule has 2 rings (SSSR count). The van der Waals surface area contributed by atoms with E-state index in [2.05, 4.69) is 5.10 Å². The number of nitrogens with zero attached hydrogens (tertiary/aromatic N) is 2. The van der Waals surface area contributed by atoms with E-state index >= 15 is 0 Å². The second-order valence-electron chi connectivity index (χ2n) is 4.30. The lowest BCUT2D eigenvalue weighted by Gasteiger charge is -2.21. The molecular formula is C11H18N4O. The highest BCUT2D eigenvalue weighted by Gasteiger charge is 2.22. The van der Waals surface area contributed by atoms with Crippen molar-refractivity contribution in [3.8, 4) is 0 Å². The third-order valence-corrected chi connectivity index (χ3v) is 2.93. The van der Waals surface area contributed by atoms with Crippen LogP contribution in [0.5, 0.6) is 0 Å². The second-order valence-corrected chi connectivity index (χ2v) is 4.30. The Morgan fingerprint density at radius 3 is 2.94 bits per heavy atom. The summed E-state index contributed by atoms with van der Waals surface area (Å²) in [6.07, 6.45) is 4.50. The number of ether oxygens (including phenoxy) is 1. The highest BCUT2D eigenvalue weighted by molar-refractivity contribution is 5.79. The van der Waals surface area contributed by atoms with Crippen molar-refractivity contribution >= 4 is 5.84 Å². The molecule has 0 atom stereocenters. The smallest absolute Gasteiger partial charge is 0.0951 e. The van der Waals surface area contributed by atoms with Crippen LogP contribution in [0.4, 0.5) is 0 Å². The van der Waals surface area contributed by atoms with Gasteiger partial charge >= 0.3 is 0 Å². The largest absolute Gasteiger partial charge is 0.387 e. The van der Waals surface area contributed by atoms with Crippen LogP contribution in [0.3, 0.4) is 0 Å². The summed E-state index contributed by atoms with van der Waals surface area (Å²) in [5.41, 5.74) is 7.64. The predicted octanol–water partition coefficient (Wildman–Crippen LogP) is 0.793. The van der Waals surface area contributed by atoms with Crippen LogP contribution in [0.2, 0.25) is 0 Å². The van der Waals surface area contributed by atoms with E-state index in [0.717, 1.165) is 37.3 Å². The van der Waals surface area contributed by atoms with Gasteiger partial charge in [0, 0.05) is 44.4 Å². The van der Waals surface area contributed by atoms with E-state index in [9.17, 15) is 0 Å². The zero-order chi connectivity index (χ0) is 11.5. The number of nitrogens with one attached hydrogen (secondary N) is 1. The van der Waals surface area contributed by atoms with E-state index in [1.807, 2.05) is 17.9 Å². The van der Waals surface area contributed by atoms with Crippen molar-refractivity contribution in [1.82, 2.24) is 9.78 Å². The monoisotopic (exact) mass is 222 g/mol. The quantitative estimate of drug-likeness (QED) is 0.586. The number of hydrogen-bond donors (Lipinski definition) is 2. The number of amidine groups is 1. The summed E-state index contributed by atoms with van der Waals surface area (Å²) in [7, 11) is 1.91. The minimum atomic E-state index is 0.196. The maximum atomic E-state index is 7.37. The second kappa shape index (κ2) is 4.65. The molecule has 16 heavy (non-hydrogen) atoms. The number of aryl methyl sites for hydroxylation is 1. The fourth-order valence-electron chi connectivity index (χ4n) is 2.21. The highest BCUT2D eigenvalue weighted by Crippen LogP contribution is 2.28. The summed E-state index contributed by atoms with van der Waals surface area (Å²) in [5, 5.41) is 11.9. The molecule has 0 spiro atoms. The Hall–Kier alpha value is -1.36. The van der Waals surface area contributed by atoms with E-state index < -0.39 is 0 Å². The molecule has 0 amide bonds. The topological polar surface area (TPSA) is 76.9 Å². The first kappa shape index (κ1) is 11.1. The van der Waals surface area contributed by atoms with Crippen molar-refractivity contribution in [2.75, 3.05) is 13.2 Å². The molecule has 0 saturated carbocycles. The lowest BCUT2D eigenvalue weighted by Crippen LogP contribution is -2.18. The van der Waals surface area contributed by atoms with Crippen molar-refractivity contribution < 1.29 is 4.74 Å². The van der Waals surface area contributed by atoms with Crippen molar-refractivity contribution in [3.05, 3.63) is 17.5 Å². The molecule has 3 N–H and O–H groups in total. The fourth-order valence-corrected chi connectivity index (χ4v) is 2.21. The van der Waals surface area contributed by atoms with Gasteiger partial charge in [0.05, 0.1) is 11.5 Å². The Morgan fingerprint density at radius 2 is 2.31 bits per heavy atom. The minimum absolute atomic E-state index is 0.196. The van der Waals surface area contributed by atoms with Crippen molar-refractivity contribution in [2.24, 2.45) is 12.8 Å². The summed E-state index contributed by atoms with van der Waals surface area (Å²) >= 11 is 0. The fraction of sp³-hybridized carbons (Fsp3) is 0.636. The zero-order valence-electron chi connectivity index (χ0n) is 9.57. The minimum Gasteiger partial charge on any atom is -0.387 e. The van der Waals surface area contributed by atoms with Crippen molar-refractivity contribution in [2.45, 2.75) is 25.2 Å². The van der Waals surface area contributed by atoms with E-state index in [4.69, 9.17) is 15.9 Å². The Kier molecular flexibility index (Phi) is 3.24. The first-order valence-electron chi connectivity index (χ1n) is 5.60. The number of aromatic nitrogens is 2. The van der Waals surface area contributed by atoms with Crippen LogP contribution in [-0.4, -0.2) is 28.8 Å². The average molecular weight is 222 g/mol. The van der Waals surface area contributed by atoms with Crippen LogP contribution in [0.1, 0.15) is 30.0 Å². The van der Waals surface area contributed by atoms with Crippen LogP contribution in [0, 0.1) is 5.41 Å². The molecule has 1 fully saturated rings. The molecule has 1 aromatic heterocycles. The van der Waals surface area contributed by atoms with Crippen molar-refractivity contribution in [1.29, 1.82) is 5.41 Å². The van der Waals surface area contributed by atoms with E-state index in [1.165, 1.54) is 0 Å². The van der Waals surface area contributed by atoms with Crippen LogP contribution >= 0.6 is 0 Å². The number of hydrogen-bond acceptors (Lipinski definition) is 3. The third-order valence-electron chi connectivity index (χ3n) is 2.93. The molecule has 0 aromatic carbocycles. The maximum Gasteiger partial charge on any atom is 0.0951 e. The molecule has 0 unspecified atom stereocenters. The van der Waals surface area contributed by atoms with Gasteiger partial charge in [-0.25, -0.2) is 0 Å². The Balaban J connectivity index is 2.20. The van der Waals surface area contributed by atoms with E-state index in [-0.39, 0.29) is 5.84 Å². The van der Waals surface area contributed by atoms with Crippen LogP contribution in [0.15, 0.2) is 6.20 Å². The number of nitrogens with two attached hydrogens (primary N) is 1. The first-order chi connectivity index (χ1) is 7.66. The Bertz CT molecular complexity index is 379. The van der Waals surface area contributed by atoms with Gasteiger partial charge < -0.3 is 10.5 Å². The van der Waals surface area contributed by atoms with Gasteiger partial charge in [0.25, 0.3) is 0 Å². The van der Waals surface area contributed by atoms with Gasteiger partial charge in [0.2, 0.25) is 0 Å². The summed E-state index contributed by atoms with van der Waals surface area (Å²) < 4.78 is 7.16. The average Bonchev–Trinajstić information content (AvgIpc) is 2.60. The van der Waals surface area contributed by atoms with Gasteiger partial charge in [-0.3, -0.25) is 10.1 Å². The molecule has 0 radical (unpaired) electrons. The highest BCUT2D eigenvalue weighted by atomic mass is 16.5. The SMILES string of the molecule is Cn1cc(CC(=N)N)c(C2CCOCC2)n1. The predicted molar refractivity (Wildman–Crippen MR) is 61.6 cm³/mol. The molecule has 1 saturated heterocycles. The van der Waals surface area contributed by atoms with Gasteiger partial charge in [-0.05, 0) is 12.8 Å². The molecular weight excluding hydrogens is 204 g/mol. The lowest BCUT2D eigenvalue weighted by atomic mass is 9.93. The standard InChI is InChI=1S/C11H18N4O/c1-15-7-9(6-10(12)13)11(14-15)8-2-4-16-5-3-8/h7-8H,2-6H2,1H3,(H3,12,13). The summed E-state index contributed by atoms with van der Waals surface area (Å²) in [6, 6.07) is 0. The Labute approximate surface area is 95.1 Å². The van der Waals surface area contributed by atoms with Gasteiger partial charge in [-0.15, -0.1) is 0 Å². The maximum absolute atomic E-state index is 7.37. The molecule has 2 heterocycles. The summed E-state index contributed by atoms with van der Waals surface area (Å²) in [4.78, 5) is 0. The lowest BCUT2D eigenvalue weighted by molar-refractivity contribution is 0.0842. The third kappa shape index (κ3) is 2.41. The van der Waals surface area contributed by atoms with Crippen LogP contribution in [-0.2, 0) is 18.2 Å². The molecule has 1 aromatic rings.